The fraction of sp³-hybridized carbons (Fsp3) is 0.852. The van der Waals surface area contributed by atoms with Gasteiger partial charge in [-0.25, -0.2) is 0 Å². The SMILES string of the molecule is CO[C@H](CC1=CC12OCC(C)(C)CO2)[C@H]1OC(C)(C)O[C@@H]1[C@@H](CC1=CC12OCC(C)(C)CO2)OC. The van der Waals surface area contributed by atoms with Crippen LogP contribution in [-0.2, 0) is 37.9 Å². The van der Waals surface area contributed by atoms with Crippen LogP contribution in [0.4, 0.5) is 0 Å². The molecule has 0 N–H and O–H groups in total. The van der Waals surface area contributed by atoms with Crippen LogP contribution in [0.1, 0.15) is 54.4 Å². The van der Waals surface area contributed by atoms with Crippen molar-refractivity contribution >= 4 is 0 Å². The average Bonchev–Trinajstić information content (AvgIpc) is 3.64. The molecule has 0 saturated carbocycles. The summed E-state index contributed by atoms with van der Waals surface area (Å²) < 4.78 is 49.0. The fourth-order valence-corrected chi connectivity index (χ4v) is 5.20. The lowest BCUT2D eigenvalue weighted by atomic mass is 9.94. The molecule has 5 aliphatic rings. The Kier molecular flexibility index (Phi) is 6.34. The van der Waals surface area contributed by atoms with Gasteiger partial charge in [-0.3, -0.25) is 0 Å². The molecule has 3 aliphatic heterocycles. The first-order valence-corrected chi connectivity index (χ1v) is 12.7. The fourth-order valence-electron chi connectivity index (χ4n) is 5.20. The lowest BCUT2D eigenvalue weighted by Gasteiger charge is -2.37. The van der Waals surface area contributed by atoms with Crippen molar-refractivity contribution in [2.24, 2.45) is 10.8 Å². The second kappa shape index (κ2) is 8.60. The third-order valence-electron chi connectivity index (χ3n) is 7.51. The molecule has 4 atom stereocenters. The largest absolute Gasteiger partial charge is 0.378 e. The van der Waals surface area contributed by atoms with E-state index in [0.29, 0.717) is 39.3 Å². The molecule has 3 heterocycles. The van der Waals surface area contributed by atoms with E-state index in [-0.39, 0.29) is 35.2 Å². The van der Waals surface area contributed by atoms with Gasteiger partial charge in [0.15, 0.2) is 5.79 Å². The Bertz CT molecular complexity index is 798. The van der Waals surface area contributed by atoms with E-state index in [4.69, 9.17) is 37.9 Å². The molecule has 8 heteroatoms. The molecular formula is C27H42O8. The van der Waals surface area contributed by atoms with E-state index in [1.807, 2.05) is 13.8 Å². The molecule has 35 heavy (non-hydrogen) atoms. The Balaban J connectivity index is 1.23. The third kappa shape index (κ3) is 5.14. The van der Waals surface area contributed by atoms with Crippen LogP contribution in [0.5, 0.6) is 0 Å². The van der Waals surface area contributed by atoms with Crippen LogP contribution in [0.25, 0.3) is 0 Å². The van der Waals surface area contributed by atoms with E-state index in [0.717, 1.165) is 11.1 Å². The van der Waals surface area contributed by atoms with Gasteiger partial charge in [0.2, 0.25) is 11.6 Å². The Labute approximate surface area is 209 Å². The molecular weight excluding hydrogens is 452 g/mol. The Morgan fingerprint density at radius 3 is 1.34 bits per heavy atom. The monoisotopic (exact) mass is 494 g/mol. The van der Waals surface area contributed by atoms with E-state index in [2.05, 4.69) is 39.8 Å². The smallest absolute Gasteiger partial charge is 0.211 e. The van der Waals surface area contributed by atoms with Crippen molar-refractivity contribution in [3.63, 3.8) is 0 Å². The Hall–Kier alpha value is -0.840. The van der Waals surface area contributed by atoms with Gasteiger partial charge in [-0.1, -0.05) is 27.7 Å². The zero-order valence-corrected chi connectivity index (χ0v) is 22.5. The maximum Gasteiger partial charge on any atom is 0.211 e. The highest BCUT2D eigenvalue weighted by atomic mass is 16.8. The number of methoxy groups -OCH3 is 2. The molecule has 2 aliphatic carbocycles. The zero-order valence-electron chi connectivity index (χ0n) is 22.5. The van der Waals surface area contributed by atoms with Crippen molar-refractivity contribution in [1.29, 1.82) is 0 Å². The molecule has 0 aromatic heterocycles. The number of hydrogen-bond acceptors (Lipinski definition) is 8. The molecule has 0 amide bonds. The minimum atomic E-state index is -0.752. The van der Waals surface area contributed by atoms with Gasteiger partial charge in [0.05, 0.1) is 38.6 Å². The van der Waals surface area contributed by atoms with Gasteiger partial charge in [-0.05, 0) is 37.1 Å². The number of hydrogen-bond donors (Lipinski definition) is 0. The molecule has 198 valence electrons. The van der Waals surface area contributed by atoms with E-state index in [1.165, 1.54) is 0 Å². The summed E-state index contributed by atoms with van der Waals surface area (Å²) in [6.07, 6.45) is 4.27. The molecule has 3 saturated heterocycles. The summed E-state index contributed by atoms with van der Waals surface area (Å²) in [6, 6.07) is 0. The summed E-state index contributed by atoms with van der Waals surface area (Å²) in [6.45, 7) is 15.1. The lowest BCUT2D eigenvalue weighted by molar-refractivity contribution is -0.232. The van der Waals surface area contributed by atoms with E-state index in [9.17, 15) is 0 Å². The molecule has 0 bridgehead atoms. The summed E-state index contributed by atoms with van der Waals surface area (Å²) in [5, 5.41) is 0. The van der Waals surface area contributed by atoms with Gasteiger partial charge in [0, 0.05) is 37.9 Å². The van der Waals surface area contributed by atoms with Gasteiger partial charge >= 0.3 is 0 Å². The summed E-state index contributed by atoms with van der Waals surface area (Å²) in [5.41, 5.74) is 2.23. The zero-order chi connectivity index (χ0) is 25.3. The lowest BCUT2D eigenvalue weighted by Crippen LogP contribution is -2.46. The van der Waals surface area contributed by atoms with Crippen LogP contribution < -0.4 is 0 Å². The molecule has 0 aromatic rings. The Morgan fingerprint density at radius 1 is 0.686 bits per heavy atom. The number of ether oxygens (including phenoxy) is 8. The van der Waals surface area contributed by atoms with E-state index >= 15 is 0 Å². The van der Waals surface area contributed by atoms with Gasteiger partial charge in [-0.15, -0.1) is 0 Å². The molecule has 0 aromatic carbocycles. The van der Waals surface area contributed by atoms with Crippen molar-refractivity contribution in [1.82, 2.24) is 0 Å². The van der Waals surface area contributed by atoms with Crippen molar-refractivity contribution in [3.05, 3.63) is 23.3 Å². The van der Waals surface area contributed by atoms with Crippen LogP contribution in [-0.4, -0.2) is 82.4 Å². The first-order valence-electron chi connectivity index (χ1n) is 12.7. The molecule has 3 fully saturated rings. The summed E-state index contributed by atoms with van der Waals surface area (Å²) in [4.78, 5) is 0. The maximum absolute atomic E-state index is 6.38. The highest BCUT2D eigenvalue weighted by Crippen LogP contribution is 2.50. The van der Waals surface area contributed by atoms with Gasteiger partial charge in [0.25, 0.3) is 0 Å². The van der Waals surface area contributed by atoms with Crippen LogP contribution in [0.2, 0.25) is 0 Å². The molecule has 5 rings (SSSR count). The maximum atomic E-state index is 6.38. The van der Waals surface area contributed by atoms with Crippen LogP contribution in [0.3, 0.4) is 0 Å². The third-order valence-corrected chi connectivity index (χ3v) is 7.51. The standard InChI is InChI=1S/C27H42O8/c1-23(2)13-30-26(31-14-23)11-17(26)9-19(28-7)21-22(35-25(5,6)34-21)20(29-8)10-18-12-27(18)32-15-24(3,4)16-33-27/h11-12,19-22H,9-10,13-16H2,1-8H3/t19-,20-,21-,22-/m1/s1. The van der Waals surface area contributed by atoms with Gasteiger partial charge in [-0.2, -0.15) is 0 Å². The molecule has 2 spiro atoms. The van der Waals surface area contributed by atoms with Crippen LogP contribution in [0.15, 0.2) is 23.3 Å². The highest BCUT2D eigenvalue weighted by molar-refractivity contribution is 5.41. The quantitative estimate of drug-likeness (QED) is 0.473. The van der Waals surface area contributed by atoms with Crippen LogP contribution >= 0.6 is 0 Å². The molecule has 8 nitrogen and oxygen atoms in total. The van der Waals surface area contributed by atoms with Crippen molar-refractivity contribution in [2.45, 2.75) is 96.2 Å². The first-order chi connectivity index (χ1) is 16.3. The second-order valence-corrected chi connectivity index (χ2v) is 12.7. The van der Waals surface area contributed by atoms with Crippen LogP contribution in [0, 0.1) is 10.8 Å². The predicted octanol–water partition coefficient (Wildman–Crippen LogP) is 3.74. The summed E-state index contributed by atoms with van der Waals surface area (Å²) in [7, 11) is 3.42. The second-order valence-electron chi connectivity index (χ2n) is 12.7. The minimum Gasteiger partial charge on any atom is -0.378 e. The average molecular weight is 495 g/mol. The predicted molar refractivity (Wildman–Crippen MR) is 128 cm³/mol. The molecule has 0 unspecified atom stereocenters. The van der Waals surface area contributed by atoms with Crippen molar-refractivity contribution < 1.29 is 37.9 Å². The summed E-state index contributed by atoms with van der Waals surface area (Å²) in [5.74, 6) is -2.10. The highest BCUT2D eigenvalue weighted by Gasteiger charge is 2.57. The van der Waals surface area contributed by atoms with Crippen molar-refractivity contribution in [3.8, 4) is 0 Å². The van der Waals surface area contributed by atoms with Gasteiger partial charge in [0.1, 0.15) is 12.2 Å². The normalized spacial score (nSPS) is 34.9. The number of rotatable bonds is 8. The van der Waals surface area contributed by atoms with Gasteiger partial charge < -0.3 is 37.9 Å². The van der Waals surface area contributed by atoms with E-state index in [1.54, 1.807) is 14.2 Å². The molecule has 0 radical (unpaired) electrons. The first kappa shape index (κ1) is 25.8. The van der Waals surface area contributed by atoms with Crippen molar-refractivity contribution in [2.75, 3.05) is 40.6 Å². The van der Waals surface area contributed by atoms with E-state index < -0.39 is 17.4 Å². The topological polar surface area (TPSA) is 73.8 Å². The minimum absolute atomic E-state index is 0.0209. The summed E-state index contributed by atoms with van der Waals surface area (Å²) >= 11 is 0. The Morgan fingerprint density at radius 2 is 1.03 bits per heavy atom.